The fourth-order valence-corrected chi connectivity index (χ4v) is 1.41. The highest BCUT2D eigenvalue weighted by Gasteiger charge is 2.25. The molecule has 0 radical (unpaired) electrons. The predicted octanol–water partition coefficient (Wildman–Crippen LogP) is -1.07. The van der Waals surface area contributed by atoms with Crippen LogP contribution in [0.5, 0.6) is 0 Å². The van der Waals surface area contributed by atoms with Gasteiger partial charge < -0.3 is 10.1 Å². The number of hydrogen-bond donors (Lipinski definition) is 1. The zero-order valence-corrected chi connectivity index (χ0v) is 10.0. The van der Waals surface area contributed by atoms with Crippen molar-refractivity contribution in [1.82, 2.24) is 25.6 Å². The molecule has 7 nitrogen and oxygen atoms in total. The van der Waals surface area contributed by atoms with Crippen molar-refractivity contribution in [3.8, 4) is 0 Å². The third-order valence-electron chi connectivity index (χ3n) is 2.39. The first-order valence-corrected chi connectivity index (χ1v) is 5.33. The molecule has 1 N–H and O–H groups in total. The van der Waals surface area contributed by atoms with Gasteiger partial charge in [0.1, 0.15) is 6.04 Å². The number of piperazine rings is 1. The molecule has 0 amide bonds. The lowest BCUT2D eigenvalue weighted by molar-refractivity contribution is -0.146. The van der Waals surface area contributed by atoms with Gasteiger partial charge in [-0.1, -0.05) is 0 Å². The molecule has 1 unspecified atom stereocenters. The predicted molar refractivity (Wildman–Crippen MR) is 61.1 cm³/mol. The number of methoxy groups -OCH3 is 1. The smallest absolute Gasteiger partial charge is 0.324 e. The van der Waals surface area contributed by atoms with Crippen LogP contribution in [0.2, 0.25) is 0 Å². The second-order valence-corrected chi connectivity index (χ2v) is 3.53. The van der Waals surface area contributed by atoms with Gasteiger partial charge in [0.2, 0.25) is 0 Å². The van der Waals surface area contributed by atoms with Crippen molar-refractivity contribution >= 4 is 5.97 Å². The lowest BCUT2D eigenvalue weighted by Gasteiger charge is -2.30. The monoisotopic (exact) mass is 239 g/mol. The third kappa shape index (κ3) is 4.83. The molecule has 17 heavy (non-hydrogen) atoms. The molecule has 1 fully saturated rings. The van der Waals surface area contributed by atoms with Crippen LogP contribution in [0.25, 0.3) is 0 Å². The van der Waals surface area contributed by atoms with Crippen LogP contribution in [0.3, 0.4) is 0 Å². The minimum Gasteiger partial charge on any atom is -0.468 e. The SMILES string of the molecule is COC(=O)C1CNCCN1C.c1cnnnc1. The molecule has 0 bridgehead atoms. The molecule has 0 saturated carbocycles. The van der Waals surface area contributed by atoms with Crippen LogP contribution in [0.15, 0.2) is 18.5 Å². The summed E-state index contributed by atoms with van der Waals surface area (Å²) < 4.78 is 4.64. The quantitative estimate of drug-likeness (QED) is 0.625. The van der Waals surface area contributed by atoms with Gasteiger partial charge in [-0.25, -0.2) is 0 Å². The summed E-state index contributed by atoms with van der Waals surface area (Å²) in [7, 11) is 3.35. The highest BCUT2D eigenvalue weighted by Crippen LogP contribution is 2.00. The normalized spacial score (nSPS) is 20.0. The van der Waals surface area contributed by atoms with Crippen LogP contribution in [0, 0.1) is 0 Å². The number of rotatable bonds is 1. The summed E-state index contributed by atoms with van der Waals surface area (Å²) in [5.74, 6) is -0.153. The topological polar surface area (TPSA) is 80.2 Å². The maximum Gasteiger partial charge on any atom is 0.324 e. The van der Waals surface area contributed by atoms with E-state index < -0.39 is 0 Å². The van der Waals surface area contributed by atoms with Crippen LogP contribution in [-0.2, 0) is 9.53 Å². The van der Waals surface area contributed by atoms with Crippen molar-refractivity contribution in [1.29, 1.82) is 0 Å². The van der Waals surface area contributed by atoms with E-state index in [2.05, 4.69) is 25.5 Å². The summed E-state index contributed by atoms with van der Waals surface area (Å²) in [6.45, 7) is 2.55. The van der Waals surface area contributed by atoms with Gasteiger partial charge in [0.15, 0.2) is 0 Å². The van der Waals surface area contributed by atoms with E-state index in [-0.39, 0.29) is 12.0 Å². The number of likely N-dealkylation sites (N-methyl/N-ethyl adjacent to an activating group) is 1. The van der Waals surface area contributed by atoms with E-state index in [4.69, 9.17) is 0 Å². The molecular weight excluding hydrogens is 222 g/mol. The number of esters is 1. The first-order valence-electron chi connectivity index (χ1n) is 5.33. The molecule has 1 saturated heterocycles. The molecular formula is C10H17N5O2. The van der Waals surface area contributed by atoms with Crippen molar-refractivity contribution in [3.63, 3.8) is 0 Å². The molecule has 7 heteroatoms. The molecule has 1 aromatic rings. The van der Waals surface area contributed by atoms with Crippen molar-refractivity contribution in [2.75, 3.05) is 33.8 Å². The summed E-state index contributed by atoms with van der Waals surface area (Å²) in [6, 6.07) is 1.61. The molecule has 94 valence electrons. The Bertz CT molecular complexity index is 295. The Hall–Kier alpha value is -1.60. The van der Waals surface area contributed by atoms with Gasteiger partial charge in [0.25, 0.3) is 0 Å². The van der Waals surface area contributed by atoms with Gasteiger partial charge in [-0.2, -0.15) is 0 Å². The van der Waals surface area contributed by atoms with E-state index in [0.717, 1.165) is 13.1 Å². The Kier molecular flexibility index (Phi) is 6.05. The Morgan fingerprint density at radius 2 is 2.18 bits per heavy atom. The summed E-state index contributed by atoms with van der Waals surface area (Å²) >= 11 is 0. The lowest BCUT2D eigenvalue weighted by Crippen LogP contribution is -2.53. The highest BCUT2D eigenvalue weighted by atomic mass is 16.5. The molecule has 1 aromatic heterocycles. The average molecular weight is 239 g/mol. The Morgan fingerprint density at radius 3 is 2.59 bits per heavy atom. The van der Waals surface area contributed by atoms with Crippen molar-refractivity contribution in [2.24, 2.45) is 0 Å². The van der Waals surface area contributed by atoms with Gasteiger partial charge in [-0.15, -0.1) is 10.2 Å². The van der Waals surface area contributed by atoms with E-state index in [9.17, 15) is 4.79 Å². The number of ether oxygens (including phenoxy) is 1. The third-order valence-corrected chi connectivity index (χ3v) is 2.39. The van der Waals surface area contributed by atoms with E-state index in [0.29, 0.717) is 6.54 Å². The molecule has 2 heterocycles. The number of hydrogen-bond acceptors (Lipinski definition) is 7. The second kappa shape index (κ2) is 7.64. The number of nitrogens with zero attached hydrogens (tertiary/aromatic N) is 4. The molecule has 0 aromatic carbocycles. The van der Waals surface area contributed by atoms with E-state index in [1.807, 2.05) is 11.9 Å². The number of carbonyl (C=O) groups is 1. The average Bonchev–Trinajstić information content (AvgIpc) is 2.41. The van der Waals surface area contributed by atoms with Crippen molar-refractivity contribution in [2.45, 2.75) is 6.04 Å². The number of nitrogens with one attached hydrogen (secondary N) is 1. The van der Waals surface area contributed by atoms with Gasteiger partial charge in [0, 0.05) is 19.6 Å². The maximum atomic E-state index is 11.1. The molecule has 2 rings (SSSR count). The zero-order valence-electron chi connectivity index (χ0n) is 10.0. The van der Waals surface area contributed by atoms with Crippen molar-refractivity contribution < 1.29 is 9.53 Å². The van der Waals surface area contributed by atoms with E-state index in [1.165, 1.54) is 7.11 Å². The minimum atomic E-state index is -0.153. The zero-order chi connectivity index (χ0) is 12.5. The Balaban J connectivity index is 0.000000202. The van der Waals surface area contributed by atoms with E-state index in [1.54, 1.807) is 18.5 Å². The first-order chi connectivity index (χ1) is 8.25. The molecule has 1 aliphatic heterocycles. The van der Waals surface area contributed by atoms with Gasteiger partial charge in [0.05, 0.1) is 19.5 Å². The molecule has 0 spiro atoms. The second-order valence-electron chi connectivity index (χ2n) is 3.53. The first kappa shape index (κ1) is 13.5. The fourth-order valence-electron chi connectivity index (χ4n) is 1.41. The minimum absolute atomic E-state index is 0.103. The molecule has 1 atom stereocenters. The maximum absolute atomic E-state index is 11.1. The summed E-state index contributed by atoms with van der Waals surface area (Å²) in [6.07, 6.45) is 3.15. The van der Waals surface area contributed by atoms with Crippen molar-refractivity contribution in [3.05, 3.63) is 18.5 Å². The summed E-state index contributed by atoms with van der Waals surface area (Å²) in [4.78, 5) is 13.1. The molecule has 1 aliphatic rings. The highest BCUT2D eigenvalue weighted by molar-refractivity contribution is 5.76. The summed E-state index contributed by atoms with van der Waals surface area (Å²) in [5.41, 5.74) is 0. The largest absolute Gasteiger partial charge is 0.468 e. The standard InChI is InChI=1S/C7H14N2O2.C3H3N3/c1-9-4-3-8-5-6(9)7(10)11-2;1-2-4-6-5-3-1/h6,8H,3-5H2,1-2H3;1-3H. The fraction of sp³-hybridized carbons (Fsp3) is 0.600. The number of carbonyl (C=O) groups excluding carboxylic acids is 1. The van der Waals surface area contributed by atoms with Gasteiger partial charge in [-0.05, 0) is 18.3 Å². The Labute approximate surface area is 100 Å². The van der Waals surface area contributed by atoms with Crippen LogP contribution in [0.4, 0.5) is 0 Å². The lowest BCUT2D eigenvalue weighted by atomic mass is 10.2. The Morgan fingerprint density at radius 1 is 1.47 bits per heavy atom. The molecule has 0 aliphatic carbocycles. The van der Waals surface area contributed by atoms with Crippen LogP contribution in [-0.4, -0.2) is 66.1 Å². The van der Waals surface area contributed by atoms with Gasteiger partial charge in [-0.3, -0.25) is 9.69 Å². The number of aromatic nitrogens is 3. The summed E-state index contributed by atoms with van der Waals surface area (Å²) in [5, 5.41) is 13.3. The van der Waals surface area contributed by atoms with Crippen LogP contribution in [0.1, 0.15) is 0 Å². The van der Waals surface area contributed by atoms with Crippen LogP contribution < -0.4 is 5.32 Å². The van der Waals surface area contributed by atoms with Crippen LogP contribution >= 0.6 is 0 Å². The van der Waals surface area contributed by atoms with E-state index >= 15 is 0 Å². The van der Waals surface area contributed by atoms with Gasteiger partial charge >= 0.3 is 5.97 Å².